The number of halogens is 3. The van der Waals surface area contributed by atoms with Crippen molar-refractivity contribution in [1.29, 1.82) is 0 Å². The van der Waals surface area contributed by atoms with Crippen LogP contribution in [0.1, 0.15) is 91.0 Å². The molecule has 0 bridgehead atoms. The average Bonchev–Trinajstić information content (AvgIpc) is 3.40. The van der Waals surface area contributed by atoms with Crippen LogP contribution in [-0.4, -0.2) is 53.7 Å². The number of hydrogen-bond donors (Lipinski definition) is 4. The van der Waals surface area contributed by atoms with Gasteiger partial charge in [-0.3, -0.25) is 4.79 Å². The van der Waals surface area contributed by atoms with Crippen LogP contribution in [-0.2, 0) is 34.0 Å². The summed E-state index contributed by atoms with van der Waals surface area (Å²) in [5, 5.41) is 6.90. The van der Waals surface area contributed by atoms with Crippen molar-refractivity contribution in [1.82, 2.24) is 20.2 Å². The van der Waals surface area contributed by atoms with Gasteiger partial charge in [-0.25, -0.2) is 14.6 Å². The zero-order chi connectivity index (χ0) is 34.7. The minimum Gasteiger partial charge on any atom is -0.467 e. The first kappa shape index (κ1) is 44.8. The van der Waals surface area contributed by atoms with Crippen molar-refractivity contribution in [3.8, 4) is 0 Å². The first-order valence-electron chi connectivity index (χ1n) is 15.0. The molecule has 2 aromatic rings. The van der Waals surface area contributed by atoms with Gasteiger partial charge in [-0.1, -0.05) is 67.7 Å². The molecular weight excluding hydrogens is 577 g/mol. The number of aryl methyl sites for hydroxylation is 2. The van der Waals surface area contributed by atoms with Crippen molar-refractivity contribution < 1.29 is 32.3 Å². The predicted octanol–water partition coefficient (Wildman–Crippen LogP) is 6.37. The van der Waals surface area contributed by atoms with Crippen LogP contribution in [0.3, 0.4) is 0 Å². The third-order valence-corrected chi connectivity index (χ3v) is 4.85. The highest BCUT2D eigenvalue weighted by Gasteiger charge is 2.31. The van der Waals surface area contributed by atoms with Gasteiger partial charge < -0.3 is 31.0 Å². The lowest BCUT2D eigenvalue weighted by Crippen LogP contribution is -2.47. The molecule has 0 saturated heterocycles. The number of urea groups is 1. The highest BCUT2D eigenvalue weighted by Crippen LogP contribution is 2.31. The fourth-order valence-electron chi connectivity index (χ4n) is 2.72. The molecular formula is C31H55F3N6O4. The molecule has 0 saturated carbocycles. The monoisotopic (exact) mass is 632 g/mol. The minimum absolute atomic E-state index is 0.0761. The van der Waals surface area contributed by atoms with E-state index in [1.54, 1.807) is 17.8 Å². The maximum absolute atomic E-state index is 12.9. The highest BCUT2D eigenvalue weighted by atomic mass is 19.4. The van der Waals surface area contributed by atoms with Crippen LogP contribution < -0.4 is 21.7 Å². The van der Waals surface area contributed by atoms with Crippen LogP contribution in [0.15, 0.2) is 30.7 Å². The van der Waals surface area contributed by atoms with E-state index in [0.717, 1.165) is 25.1 Å². The van der Waals surface area contributed by atoms with Gasteiger partial charge in [0.15, 0.2) is 0 Å². The molecule has 0 aliphatic carbocycles. The predicted molar refractivity (Wildman–Crippen MR) is 171 cm³/mol. The second-order valence-corrected chi connectivity index (χ2v) is 9.27. The molecule has 5 N–H and O–H groups in total. The van der Waals surface area contributed by atoms with Crippen LogP contribution in [0.25, 0.3) is 0 Å². The summed E-state index contributed by atoms with van der Waals surface area (Å²) in [7, 11) is 2.92. The first-order valence-corrected chi connectivity index (χ1v) is 15.0. The molecule has 2 rings (SSSR count). The third kappa shape index (κ3) is 22.9. The Bertz CT molecular complexity index is 1040. The fraction of sp³-hybridized carbons (Fsp3) is 0.613. The molecule has 44 heavy (non-hydrogen) atoms. The average molecular weight is 633 g/mol. The molecule has 1 heterocycles. The summed E-state index contributed by atoms with van der Waals surface area (Å²) in [5.41, 5.74) is 4.89. The zero-order valence-corrected chi connectivity index (χ0v) is 28.2. The van der Waals surface area contributed by atoms with E-state index in [1.165, 1.54) is 45.7 Å². The van der Waals surface area contributed by atoms with Crippen molar-refractivity contribution in [2.45, 2.75) is 99.7 Å². The van der Waals surface area contributed by atoms with Crippen molar-refractivity contribution in [2.24, 2.45) is 12.8 Å². The van der Waals surface area contributed by atoms with Crippen LogP contribution in [0.4, 0.5) is 23.7 Å². The molecule has 13 heteroatoms. The summed E-state index contributed by atoms with van der Waals surface area (Å²) in [6.45, 7) is 16.4. The number of anilines is 1. The summed E-state index contributed by atoms with van der Waals surface area (Å²) in [6.07, 6.45) is 3.71. The number of hydrogen-bond acceptors (Lipinski definition) is 6. The Balaban J connectivity index is -0.00000110. The molecule has 1 aromatic carbocycles. The largest absolute Gasteiger partial charge is 0.467 e. The lowest BCUT2D eigenvalue weighted by Gasteiger charge is -2.16. The Labute approximate surface area is 261 Å². The Morgan fingerprint density at radius 1 is 1.02 bits per heavy atom. The molecule has 0 fully saturated rings. The van der Waals surface area contributed by atoms with E-state index in [0.29, 0.717) is 11.3 Å². The number of ether oxygens (including phenoxy) is 1. The number of unbranched alkanes of at least 4 members (excludes halogenated alkanes) is 1. The lowest BCUT2D eigenvalue weighted by molar-refractivity contribution is -0.145. The highest BCUT2D eigenvalue weighted by molar-refractivity contribution is 5.93. The molecule has 0 spiro atoms. The number of amides is 3. The second kappa shape index (κ2) is 27.0. The van der Waals surface area contributed by atoms with Gasteiger partial charge in [-0.2, -0.15) is 13.2 Å². The molecule has 0 aliphatic rings. The summed E-state index contributed by atoms with van der Waals surface area (Å²) in [4.78, 5) is 40.1. The van der Waals surface area contributed by atoms with Gasteiger partial charge >= 0.3 is 18.2 Å². The Kier molecular flexibility index (Phi) is 27.5. The van der Waals surface area contributed by atoms with Gasteiger partial charge in [-0.15, -0.1) is 0 Å². The molecule has 254 valence electrons. The molecule has 0 aliphatic heterocycles. The van der Waals surface area contributed by atoms with Gasteiger partial charge in [0.2, 0.25) is 5.91 Å². The number of nitrogens with zero attached hydrogens (tertiary/aromatic N) is 2. The Morgan fingerprint density at radius 2 is 1.57 bits per heavy atom. The summed E-state index contributed by atoms with van der Waals surface area (Å²) >= 11 is 0. The number of aromatic nitrogens is 2. The molecule has 10 nitrogen and oxygen atoms in total. The van der Waals surface area contributed by atoms with Crippen LogP contribution >= 0.6 is 0 Å². The first-order chi connectivity index (χ1) is 20.7. The smallest absolute Gasteiger partial charge is 0.416 e. The van der Waals surface area contributed by atoms with Gasteiger partial charge in [0.1, 0.15) is 6.04 Å². The van der Waals surface area contributed by atoms with E-state index in [2.05, 4.69) is 60.3 Å². The van der Waals surface area contributed by atoms with Crippen molar-refractivity contribution in [3.63, 3.8) is 0 Å². The van der Waals surface area contributed by atoms with Crippen LogP contribution in [0.2, 0.25) is 0 Å². The van der Waals surface area contributed by atoms with E-state index in [9.17, 15) is 27.6 Å². The number of carbonyl (C=O) groups excluding carboxylic acids is 3. The van der Waals surface area contributed by atoms with Gasteiger partial charge in [-0.05, 0) is 43.7 Å². The summed E-state index contributed by atoms with van der Waals surface area (Å²) in [5.74, 6) is -1.38. The van der Waals surface area contributed by atoms with E-state index < -0.39 is 42.2 Å². The fourth-order valence-corrected chi connectivity index (χ4v) is 2.72. The van der Waals surface area contributed by atoms with E-state index in [4.69, 9.17) is 5.73 Å². The third-order valence-electron chi connectivity index (χ3n) is 4.85. The summed E-state index contributed by atoms with van der Waals surface area (Å²) < 4.78 is 45.0. The Morgan fingerprint density at radius 3 is 1.98 bits per heavy atom. The number of nitrogens with one attached hydrogen (secondary N) is 3. The number of imidazole rings is 1. The summed E-state index contributed by atoms with van der Waals surface area (Å²) in [6, 6.07) is 1.18. The van der Waals surface area contributed by atoms with Crippen LogP contribution in [0, 0.1) is 6.92 Å². The number of methoxy groups -OCH3 is 1. The van der Waals surface area contributed by atoms with Gasteiger partial charge in [0.25, 0.3) is 0 Å². The standard InChI is InChI=1S/C19H22F3N5O4.C4H10.C3H9N.C3H8.C2H6/c1-11-4-12(19(20,21)22)6-13(5-11)25-18(30)23-8-16(28)26-15(17(29)31-3)7-14-9-27(2)10-24-14;1-3-4-2;1-2-3-4;1-3-2;1-2/h4-6,9-10,15H,7-8H2,1-3H3,(H,26,28)(H2,23,25,30);3-4H2,1-2H3;2-4H2,1H3;3H2,1-2H3;1-2H3. The Hall–Kier alpha value is -3.61. The lowest BCUT2D eigenvalue weighted by atomic mass is 10.1. The zero-order valence-electron chi connectivity index (χ0n) is 28.2. The maximum Gasteiger partial charge on any atom is 0.416 e. The van der Waals surface area contributed by atoms with Crippen molar-refractivity contribution in [2.75, 3.05) is 25.5 Å². The molecule has 1 atom stereocenters. The normalized spacial score (nSPS) is 10.4. The number of benzene rings is 1. The van der Waals surface area contributed by atoms with Crippen molar-refractivity contribution in [3.05, 3.63) is 47.5 Å². The maximum atomic E-state index is 12.9. The molecule has 1 unspecified atom stereocenters. The van der Waals surface area contributed by atoms with Gasteiger partial charge in [0.05, 0.1) is 31.2 Å². The second-order valence-electron chi connectivity index (χ2n) is 9.27. The SMILES string of the molecule is CC.CCC.CCCC.CCCN.COC(=O)C(Cc1cn(C)cn1)NC(=O)CNC(=O)Nc1cc(C)cc(C(F)(F)F)c1. The van der Waals surface area contributed by atoms with Crippen molar-refractivity contribution >= 4 is 23.6 Å². The number of esters is 1. The minimum atomic E-state index is -4.56. The number of alkyl halides is 3. The number of nitrogens with two attached hydrogens (primary N) is 1. The topological polar surface area (TPSA) is 140 Å². The number of rotatable bonds is 9. The number of carbonyl (C=O) groups is 3. The van der Waals surface area contributed by atoms with E-state index in [-0.39, 0.29) is 12.1 Å². The van der Waals surface area contributed by atoms with E-state index in [1.807, 2.05) is 13.8 Å². The van der Waals surface area contributed by atoms with Gasteiger partial charge in [0, 0.05) is 25.4 Å². The quantitative estimate of drug-likeness (QED) is 0.237. The molecule has 3 amide bonds. The molecule has 1 aromatic heterocycles. The van der Waals surface area contributed by atoms with Crippen LogP contribution in [0.5, 0.6) is 0 Å². The van der Waals surface area contributed by atoms with E-state index >= 15 is 0 Å². The molecule has 0 radical (unpaired) electrons.